The average Bonchev–Trinajstić information content (AvgIpc) is 2.34. The van der Waals surface area contributed by atoms with Crippen LogP contribution >= 0.6 is 39.1 Å². The van der Waals surface area contributed by atoms with E-state index in [1.54, 1.807) is 18.2 Å². The van der Waals surface area contributed by atoms with Crippen molar-refractivity contribution in [2.24, 2.45) is 0 Å². The largest absolute Gasteiger partial charge is 0.506 e. The van der Waals surface area contributed by atoms with Crippen LogP contribution < -0.4 is 5.32 Å². The van der Waals surface area contributed by atoms with Crippen LogP contribution in [0, 0.1) is 5.82 Å². The molecule has 0 bridgehead atoms. The number of aromatic hydroxyl groups is 1. The van der Waals surface area contributed by atoms with Crippen molar-refractivity contribution in [3.05, 3.63) is 56.2 Å². The number of nitrogens with one attached hydrogen (secondary N) is 1. The van der Waals surface area contributed by atoms with Crippen molar-refractivity contribution in [2.45, 2.75) is 6.54 Å². The SMILES string of the molecule is Oc1c(Cl)cc(Cl)cc1CNc1c(F)cccc1Br. The second-order valence-corrected chi connectivity index (χ2v) is 5.54. The topological polar surface area (TPSA) is 32.3 Å². The smallest absolute Gasteiger partial charge is 0.147 e. The van der Waals surface area contributed by atoms with E-state index in [1.807, 2.05) is 0 Å². The molecule has 0 amide bonds. The Morgan fingerprint density at radius 1 is 1.26 bits per heavy atom. The van der Waals surface area contributed by atoms with Gasteiger partial charge >= 0.3 is 0 Å². The zero-order valence-corrected chi connectivity index (χ0v) is 12.7. The van der Waals surface area contributed by atoms with Crippen molar-refractivity contribution < 1.29 is 9.50 Å². The molecule has 6 heteroatoms. The summed E-state index contributed by atoms with van der Waals surface area (Å²) in [5.74, 6) is -0.451. The van der Waals surface area contributed by atoms with Gasteiger partial charge in [-0.15, -0.1) is 0 Å². The third kappa shape index (κ3) is 3.32. The molecule has 0 spiro atoms. The Kier molecular flexibility index (Phi) is 4.55. The van der Waals surface area contributed by atoms with Crippen molar-refractivity contribution in [3.63, 3.8) is 0 Å². The maximum atomic E-state index is 13.6. The summed E-state index contributed by atoms with van der Waals surface area (Å²) in [5, 5.41) is 13.3. The Morgan fingerprint density at radius 3 is 2.68 bits per heavy atom. The van der Waals surface area contributed by atoms with Gasteiger partial charge in [0.1, 0.15) is 11.6 Å². The summed E-state index contributed by atoms with van der Waals surface area (Å²) < 4.78 is 14.2. The molecule has 0 saturated carbocycles. The number of halogens is 4. The summed E-state index contributed by atoms with van der Waals surface area (Å²) >= 11 is 14.9. The Hall–Kier alpha value is -0.970. The quantitative estimate of drug-likeness (QED) is 0.783. The summed E-state index contributed by atoms with van der Waals surface area (Å²) in [6.07, 6.45) is 0. The van der Waals surface area contributed by atoms with Crippen LogP contribution in [0.25, 0.3) is 0 Å². The molecule has 100 valence electrons. The van der Waals surface area contributed by atoms with Gasteiger partial charge in [0.25, 0.3) is 0 Å². The van der Waals surface area contributed by atoms with Gasteiger partial charge < -0.3 is 10.4 Å². The van der Waals surface area contributed by atoms with Gasteiger partial charge in [-0.1, -0.05) is 29.3 Å². The number of hydrogen-bond donors (Lipinski definition) is 2. The highest BCUT2D eigenvalue weighted by molar-refractivity contribution is 9.10. The Balaban J connectivity index is 2.24. The first-order valence-corrected chi connectivity index (χ1v) is 6.88. The van der Waals surface area contributed by atoms with Crippen LogP contribution in [0.3, 0.4) is 0 Å². The molecular formula is C13H9BrCl2FNO. The highest BCUT2D eigenvalue weighted by Gasteiger charge is 2.10. The molecule has 0 aliphatic heterocycles. The number of anilines is 1. The van der Waals surface area contributed by atoms with Crippen molar-refractivity contribution >= 4 is 44.8 Å². The Morgan fingerprint density at radius 2 is 2.00 bits per heavy atom. The highest BCUT2D eigenvalue weighted by Crippen LogP contribution is 2.32. The van der Waals surface area contributed by atoms with E-state index >= 15 is 0 Å². The van der Waals surface area contributed by atoms with Crippen LogP contribution in [-0.4, -0.2) is 5.11 Å². The van der Waals surface area contributed by atoms with Crippen LogP contribution in [0.5, 0.6) is 5.75 Å². The van der Waals surface area contributed by atoms with Gasteiger partial charge in [0.05, 0.1) is 10.7 Å². The van der Waals surface area contributed by atoms with Gasteiger partial charge in [0.15, 0.2) is 0 Å². The molecule has 0 aliphatic carbocycles. The van der Waals surface area contributed by atoms with E-state index in [9.17, 15) is 9.50 Å². The Bertz CT molecular complexity index is 602. The van der Waals surface area contributed by atoms with Crippen LogP contribution in [0.4, 0.5) is 10.1 Å². The minimum atomic E-state index is -0.387. The number of hydrogen-bond acceptors (Lipinski definition) is 2. The monoisotopic (exact) mass is 363 g/mol. The molecule has 2 N–H and O–H groups in total. The van der Waals surface area contributed by atoms with Gasteiger partial charge in [-0.3, -0.25) is 0 Å². The third-order valence-electron chi connectivity index (χ3n) is 2.53. The van der Waals surface area contributed by atoms with Crippen molar-refractivity contribution in [2.75, 3.05) is 5.32 Å². The first-order valence-electron chi connectivity index (χ1n) is 5.34. The van der Waals surface area contributed by atoms with E-state index in [4.69, 9.17) is 23.2 Å². The normalized spacial score (nSPS) is 10.5. The lowest BCUT2D eigenvalue weighted by Gasteiger charge is -2.11. The van der Waals surface area contributed by atoms with E-state index in [0.29, 0.717) is 20.7 Å². The lowest BCUT2D eigenvalue weighted by Crippen LogP contribution is -2.02. The molecule has 0 fully saturated rings. The summed E-state index contributed by atoms with van der Waals surface area (Å²) in [4.78, 5) is 0. The molecule has 19 heavy (non-hydrogen) atoms. The lowest BCUT2D eigenvalue weighted by molar-refractivity contribution is 0.469. The first kappa shape index (κ1) is 14.4. The fourth-order valence-corrected chi connectivity index (χ4v) is 2.62. The fourth-order valence-electron chi connectivity index (χ4n) is 1.60. The summed E-state index contributed by atoms with van der Waals surface area (Å²) in [5.41, 5.74) is 0.811. The third-order valence-corrected chi connectivity index (χ3v) is 3.69. The van der Waals surface area contributed by atoms with E-state index in [-0.39, 0.29) is 23.1 Å². The number of benzene rings is 2. The lowest BCUT2D eigenvalue weighted by atomic mass is 10.2. The highest BCUT2D eigenvalue weighted by atomic mass is 79.9. The molecule has 0 atom stereocenters. The number of para-hydroxylation sites is 1. The fraction of sp³-hybridized carbons (Fsp3) is 0.0769. The van der Waals surface area contributed by atoms with Crippen LogP contribution in [0.1, 0.15) is 5.56 Å². The predicted octanol–water partition coefficient (Wildman–Crippen LogP) is 5.21. The van der Waals surface area contributed by atoms with Gasteiger partial charge in [0, 0.05) is 21.6 Å². The minimum absolute atomic E-state index is 0.0639. The molecule has 2 nitrogen and oxygen atoms in total. The van der Waals surface area contributed by atoms with E-state index in [1.165, 1.54) is 12.1 Å². The molecule has 2 aromatic carbocycles. The molecule has 0 aromatic heterocycles. The second-order valence-electron chi connectivity index (χ2n) is 3.85. The number of phenols is 1. The van der Waals surface area contributed by atoms with Gasteiger partial charge in [-0.25, -0.2) is 4.39 Å². The first-order chi connectivity index (χ1) is 8.99. The predicted molar refractivity (Wildman–Crippen MR) is 79.6 cm³/mol. The summed E-state index contributed by atoms with van der Waals surface area (Å²) in [7, 11) is 0. The van der Waals surface area contributed by atoms with Crippen molar-refractivity contribution in [1.82, 2.24) is 0 Å². The minimum Gasteiger partial charge on any atom is -0.506 e. The standard InChI is InChI=1S/C13H9BrCl2FNO/c14-9-2-1-3-11(17)12(9)18-6-7-4-8(15)5-10(16)13(7)19/h1-5,18-19H,6H2. The zero-order valence-electron chi connectivity index (χ0n) is 9.55. The maximum absolute atomic E-state index is 13.6. The maximum Gasteiger partial charge on any atom is 0.147 e. The van der Waals surface area contributed by atoms with Crippen LogP contribution in [-0.2, 0) is 6.54 Å². The van der Waals surface area contributed by atoms with Gasteiger partial charge in [0.2, 0.25) is 0 Å². The molecule has 0 heterocycles. The molecule has 0 radical (unpaired) electrons. The average molecular weight is 365 g/mol. The van der Waals surface area contributed by atoms with Crippen LogP contribution in [0.15, 0.2) is 34.8 Å². The van der Waals surface area contributed by atoms with Gasteiger partial charge in [-0.2, -0.15) is 0 Å². The number of rotatable bonds is 3. The molecule has 2 aromatic rings. The number of phenolic OH excluding ortho intramolecular Hbond substituents is 1. The van der Waals surface area contributed by atoms with Crippen molar-refractivity contribution in [1.29, 1.82) is 0 Å². The van der Waals surface area contributed by atoms with Crippen molar-refractivity contribution in [3.8, 4) is 5.75 Å². The molecule has 2 rings (SSSR count). The summed E-state index contributed by atoms with van der Waals surface area (Å²) in [6.45, 7) is 0.200. The van der Waals surface area contributed by atoms with E-state index in [0.717, 1.165) is 0 Å². The molecule has 0 unspecified atom stereocenters. The molecular weight excluding hydrogens is 356 g/mol. The Labute approximate surface area is 128 Å². The van der Waals surface area contributed by atoms with Gasteiger partial charge in [-0.05, 0) is 40.2 Å². The zero-order chi connectivity index (χ0) is 14.0. The van der Waals surface area contributed by atoms with E-state index in [2.05, 4.69) is 21.2 Å². The molecule has 0 aliphatic rings. The van der Waals surface area contributed by atoms with Crippen LogP contribution in [0.2, 0.25) is 10.0 Å². The second kappa shape index (κ2) is 5.99. The summed E-state index contributed by atoms with van der Waals surface area (Å²) in [6, 6.07) is 7.68. The molecule has 0 saturated heterocycles. The van der Waals surface area contributed by atoms with E-state index < -0.39 is 0 Å².